The van der Waals surface area contributed by atoms with Crippen LogP contribution in [0.25, 0.3) is 0 Å². The van der Waals surface area contributed by atoms with Crippen LogP contribution in [0.4, 0.5) is 0 Å². The summed E-state index contributed by atoms with van der Waals surface area (Å²) in [5.41, 5.74) is 1.38. The number of hydrogen-bond acceptors (Lipinski definition) is 2. The molecule has 3 nitrogen and oxygen atoms in total. The summed E-state index contributed by atoms with van der Waals surface area (Å²) in [5, 5.41) is 6.43. The molecule has 2 N–H and O–H groups in total. The van der Waals surface area contributed by atoms with E-state index < -0.39 is 0 Å². The van der Waals surface area contributed by atoms with E-state index in [1.807, 2.05) is 0 Å². The minimum atomic E-state index is 0.271. The normalized spacial score (nSPS) is 22.8. The highest BCUT2D eigenvalue weighted by atomic mass is 16.1. The molecule has 3 heteroatoms. The average molecular weight is 250 g/mol. The number of carbonyl (C=O) groups excluding carboxylic acids is 1. The molecule has 0 atom stereocenters. The fourth-order valence-corrected chi connectivity index (χ4v) is 2.89. The van der Waals surface area contributed by atoms with Crippen LogP contribution >= 0.6 is 0 Å². The fourth-order valence-electron chi connectivity index (χ4n) is 2.89. The van der Waals surface area contributed by atoms with Gasteiger partial charge in [0.1, 0.15) is 0 Å². The van der Waals surface area contributed by atoms with Crippen molar-refractivity contribution in [1.82, 2.24) is 10.6 Å². The minimum absolute atomic E-state index is 0.271. The molecule has 2 aliphatic rings. The minimum Gasteiger partial charge on any atom is -0.352 e. The van der Waals surface area contributed by atoms with Crippen LogP contribution in [-0.2, 0) is 4.79 Å². The molecule has 0 bridgehead atoms. The van der Waals surface area contributed by atoms with Gasteiger partial charge in [-0.05, 0) is 25.8 Å². The Hall–Kier alpha value is -0.830. The first-order valence-corrected chi connectivity index (χ1v) is 7.52. The summed E-state index contributed by atoms with van der Waals surface area (Å²) in [5.74, 6) is 0.559. The third-order valence-corrected chi connectivity index (χ3v) is 4.12. The van der Waals surface area contributed by atoms with E-state index in [9.17, 15) is 4.79 Å². The van der Waals surface area contributed by atoms with Crippen LogP contribution in [0.3, 0.4) is 0 Å². The summed E-state index contributed by atoms with van der Waals surface area (Å²) in [6, 6.07) is 0. The van der Waals surface area contributed by atoms with Gasteiger partial charge in [0.05, 0.1) is 0 Å². The van der Waals surface area contributed by atoms with Gasteiger partial charge in [-0.3, -0.25) is 4.79 Å². The van der Waals surface area contributed by atoms with Crippen molar-refractivity contribution in [3.63, 3.8) is 0 Å². The van der Waals surface area contributed by atoms with Crippen LogP contribution in [-0.4, -0.2) is 25.5 Å². The summed E-state index contributed by atoms with van der Waals surface area (Å²) in [7, 11) is 0. The zero-order valence-electron chi connectivity index (χ0n) is 11.3. The van der Waals surface area contributed by atoms with Gasteiger partial charge < -0.3 is 10.6 Å². The van der Waals surface area contributed by atoms with E-state index >= 15 is 0 Å². The van der Waals surface area contributed by atoms with Gasteiger partial charge in [0.15, 0.2) is 0 Å². The molecular weight excluding hydrogens is 224 g/mol. The molecule has 102 valence electrons. The van der Waals surface area contributed by atoms with E-state index in [2.05, 4.69) is 16.7 Å². The smallest absolute Gasteiger partial charge is 0.223 e. The predicted molar refractivity (Wildman–Crippen MR) is 74.4 cm³/mol. The number of hydrogen-bond donors (Lipinski definition) is 2. The van der Waals surface area contributed by atoms with Gasteiger partial charge in [-0.15, -0.1) is 0 Å². The molecular formula is C15H26N2O. The van der Waals surface area contributed by atoms with Crippen molar-refractivity contribution in [3.8, 4) is 0 Å². The highest BCUT2D eigenvalue weighted by Gasteiger charge is 2.19. The summed E-state index contributed by atoms with van der Waals surface area (Å²) in [6.07, 6.45) is 11.9. The molecule has 0 aromatic heterocycles. The molecule has 1 aliphatic heterocycles. The number of rotatable bonds is 3. The van der Waals surface area contributed by atoms with E-state index in [0.717, 1.165) is 38.9 Å². The lowest BCUT2D eigenvalue weighted by molar-refractivity contribution is -0.125. The van der Waals surface area contributed by atoms with E-state index in [1.54, 1.807) is 0 Å². The lowest BCUT2D eigenvalue weighted by atomic mass is 9.90. The Bertz CT molecular complexity index is 291. The Balaban J connectivity index is 1.73. The third-order valence-electron chi connectivity index (χ3n) is 4.12. The lowest BCUT2D eigenvalue weighted by Crippen LogP contribution is -2.34. The van der Waals surface area contributed by atoms with E-state index in [4.69, 9.17) is 0 Å². The molecule has 2 rings (SSSR count). The van der Waals surface area contributed by atoms with Crippen molar-refractivity contribution < 1.29 is 4.79 Å². The lowest BCUT2D eigenvalue weighted by Gasteiger charge is -2.20. The first kappa shape index (κ1) is 13.6. The molecule has 1 amide bonds. The maximum absolute atomic E-state index is 12.2. The standard InChI is InChI=1S/C15H26N2O/c18-15(14-6-4-2-1-3-5-7-14)17-12-13-8-10-16-11-9-13/h8,14,16H,1-7,9-12H2,(H,17,18). The number of amides is 1. The Kier molecular flexibility index (Phi) is 5.72. The Labute approximate surface area is 110 Å². The molecule has 0 radical (unpaired) electrons. The number of carbonyl (C=O) groups is 1. The van der Waals surface area contributed by atoms with Crippen molar-refractivity contribution in [2.45, 2.75) is 51.4 Å². The van der Waals surface area contributed by atoms with Gasteiger partial charge >= 0.3 is 0 Å². The molecule has 1 fully saturated rings. The molecule has 18 heavy (non-hydrogen) atoms. The Morgan fingerprint density at radius 2 is 1.94 bits per heavy atom. The quantitative estimate of drug-likeness (QED) is 0.755. The van der Waals surface area contributed by atoms with Crippen LogP contribution in [0, 0.1) is 5.92 Å². The van der Waals surface area contributed by atoms with E-state index in [1.165, 1.54) is 37.7 Å². The molecule has 1 aliphatic carbocycles. The van der Waals surface area contributed by atoms with Crippen molar-refractivity contribution in [2.75, 3.05) is 19.6 Å². The highest BCUT2D eigenvalue weighted by molar-refractivity contribution is 5.78. The molecule has 1 heterocycles. The van der Waals surface area contributed by atoms with Gasteiger partial charge in [-0.2, -0.15) is 0 Å². The first-order chi connectivity index (χ1) is 8.86. The maximum Gasteiger partial charge on any atom is 0.223 e. The molecule has 0 spiro atoms. The zero-order valence-corrected chi connectivity index (χ0v) is 11.3. The third kappa shape index (κ3) is 4.45. The van der Waals surface area contributed by atoms with Crippen LogP contribution in [0.5, 0.6) is 0 Å². The SMILES string of the molecule is O=C(NCC1=CCNCC1)C1CCCCCCC1. The van der Waals surface area contributed by atoms with Crippen molar-refractivity contribution in [3.05, 3.63) is 11.6 Å². The average Bonchev–Trinajstić information content (AvgIpc) is 2.37. The summed E-state index contributed by atoms with van der Waals surface area (Å²) in [4.78, 5) is 12.2. The molecule has 0 aromatic carbocycles. The van der Waals surface area contributed by atoms with Gasteiger partial charge in [-0.25, -0.2) is 0 Å². The second-order valence-corrected chi connectivity index (χ2v) is 5.58. The summed E-state index contributed by atoms with van der Waals surface area (Å²) < 4.78 is 0. The van der Waals surface area contributed by atoms with Gasteiger partial charge in [0, 0.05) is 19.0 Å². The number of nitrogens with one attached hydrogen (secondary N) is 2. The largest absolute Gasteiger partial charge is 0.352 e. The summed E-state index contributed by atoms with van der Waals surface area (Å²) >= 11 is 0. The van der Waals surface area contributed by atoms with Crippen LogP contribution in [0.15, 0.2) is 11.6 Å². The molecule has 1 saturated carbocycles. The molecule has 0 saturated heterocycles. The summed E-state index contributed by atoms with van der Waals surface area (Å²) in [6.45, 7) is 2.76. The van der Waals surface area contributed by atoms with Crippen LogP contribution in [0.2, 0.25) is 0 Å². The van der Waals surface area contributed by atoms with Crippen molar-refractivity contribution in [2.24, 2.45) is 5.92 Å². The van der Waals surface area contributed by atoms with Crippen LogP contribution in [0.1, 0.15) is 51.4 Å². The van der Waals surface area contributed by atoms with Crippen molar-refractivity contribution >= 4 is 5.91 Å². The molecule has 0 aromatic rings. The van der Waals surface area contributed by atoms with Gasteiger partial charge in [0.25, 0.3) is 0 Å². The second kappa shape index (κ2) is 7.57. The maximum atomic E-state index is 12.2. The Morgan fingerprint density at radius 1 is 1.22 bits per heavy atom. The Morgan fingerprint density at radius 3 is 2.61 bits per heavy atom. The van der Waals surface area contributed by atoms with Crippen LogP contribution < -0.4 is 10.6 Å². The monoisotopic (exact) mass is 250 g/mol. The van der Waals surface area contributed by atoms with E-state index in [0.29, 0.717) is 0 Å². The molecule has 0 unspecified atom stereocenters. The van der Waals surface area contributed by atoms with Gasteiger partial charge in [-0.1, -0.05) is 43.8 Å². The first-order valence-electron chi connectivity index (χ1n) is 7.52. The van der Waals surface area contributed by atoms with Gasteiger partial charge in [0.2, 0.25) is 5.91 Å². The van der Waals surface area contributed by atoms with Crippen molar-refractivity contribution in [1.29, 1.82) is 0 Å². The highest BCUT2D eigenvalue weighted by Crippen LogP contribution is 2.22. The fraction of sp³-hybridized carbons (Fsp3) is 0.800. The predicted octanol–water partition coefficient (Wildman–Crippen LogP) is 2.38. The topological polar surface area (TPSA) is 41.1 Å². The second-order valence-electron chi connectivity index (χ2n) is 5.58. The zero-order chi connectivity index (χ0) is 12.6. The van der Waals surface area contributed by atoms with E-state index in [-0.39, 0.29) is 11.8 Å².